The first kappa shape index (κ1) is 12.3. The van der Waals surface area contributed by atoms with E-state index in [9.17, 15) is 4.39 Å². The highest BCUT2D eigenvalue weighted by molar-refractivity contribution is 5.45. The van der Waals surface area contributed by atoms with Gasteiger partial charge in [0.05, 0.1) is 0 Å². The molecule has 0 bridgehead atoms. The topological polar surface area (TPSA) is 27.3 Å². The van der Waals surface area contributed by atoms with Crippen molar-refractivity contribution in [3.05, 3.63) is 29.6 Å². The minimum Gasteiger partial charge on any atom is -0.384 e. The maximum absolute atomic E-state index is 13.1. The molecule has 1 aromatic rings. The Bertz CT molecular complexity index is 362. The van der Waals surface area contributed by atoms with Crippen LogP contribution in [0, 0.1) is 12.7 Å². The Hall–Kier alpha value is -1.13. The zero-order valence-electron chi connectivity index (χ0n) is 10.3. The third kappa shape index (κ3) is 3.68. The SMILES string of the molecule is Cc1cc(NCCN2CCNCC2)ccc1F. The summed E-state index contributed by atoms with van der Waals surface area (Å²) in [5, 5.41) is 6.66. The molecule has 1 aromatic carbocycles. The Morgan fingerprint density at radius 2 is 2.12 bits per heavy atom. The highest BCUT2D eigenvalue weighted by atomic mass is 19.1. The van der Waals surface area contributed by atoms with Crippen LogP contribution < -0.4 is 10.6 Å². The Morgan fingerprint density at radius 1 is 1.35 bits per heavy atom. The standard InChI is InChI=1S/C13H20FN3/c1-11-10-12(2-3-13(11)14)16-6-9-17-7-4-15-5-8-17/h2-3,10,15-16H,4-9H2,1H3. The molecule has 0 radical (unpaired) electrons. The quantitative estimate of drug-likeness (QED) is 0.830. The van der Waals surface area contributed by atoms with Crippen LogP contribution in [-0.4, -0.2) is 44.2 Å². The molecule has 1 aliphatic rings. The molecule has 0 unspecified atom stereocenters. The van der Waals surface area contributed by atoms with E-state index in [0.717, 1.165) is 45.0 Å². The molecule has 1 fully saturated rings. The molecule has 94 valence electrons. The van der Waals surface area contributed by atoms with Crippen molar-refractivity contribution in [1.82, 2.24) is 10.2 Å². The number of benzene rings is 1. The summed E-state index contributed by atoms with van der Waals surface area (Å²) < 4.78 is 13.1. The van der Waals surface area contributed by atoms with Crippen molar-refractivity contribution in [2.75, 3.05) is 44.6 Å². The van der Waals surface area contributed by atoms with Gasteiger partial charge in [-0.25, -0.2) is 4.39 Å². The van der Waals surface area contributed by atoms with Crippen molar-refractivity contribution in [3.8, 4) is 0 Å². The van der Waals surface area contributed by atoms with Crippen molar-refractivity contribution < 1.29 is 4.39 Å². The minimum atomic E-state index is -0.141. The van der Waals surface area contributed by atoms with Gasteiger partial charge in [-0.05, 0) is 30.7 Å². The van der Waals surface area contributed by atoms with E-state index in [0.29, 0.717) is 5.56 Å². The van der Waals surface area contributed by atoms with Gasteiger partial charge in [0.2, 0.25) is 0 Å². The predicted octanol–water partition coefficient (Wildman–Crippen LogP) is 1.45. The Balaban J connectivity index is 1.75. The number of rotatable bonds is 4. The highest BCUT2D eigenvalue weighted by Crippen LogP contribution is 2.13. The summed E-state index contributed by atoms with van der Waals surface area (Å²) >= 11 is 0. The van der Waals surface area contributed by atoms with E-state index in [1.54, 1.807) is 13.0 Å². The van der Waals surface area contributed by atoms with E-state index in [2.05, 4.69) is 15.5 Å². The van der Waals surface area contributed by atoms with Gasteiger partial charge < -0.3 is 10.6 Å². The van der Waals surface area contributed by atoms with Crippen LogP contribution in [0.3, 0.4) is 0 Å². The Labute approximate surface area is 102 Å². The summed E-state index contributed by atoms with van der Waals surface area (Å²) in [6, 6.07) is 5.16. The van der Waals surface area contributed by atoms with E-state index < -0.39 is 0 Å². The third-order valence-corrected chi connectivity index (χ3v) is 3.12. The van der Waals surface area contributed by atoms with E-state index in [1.807, 2.05) is 6.07 Å². The number of halogens is 1. The lowest BCUT2D eigenvalue weighted by molar-refractivity contribution is 0.249. The van der Waals surface area contributed by atoms with Gasteiger partial charge in [0.15, 0.2) is 0 Å². The second-order valence-electron chi connectivity index (χ2n) is 4.48. The first-order valence-electron chi connectivity index (χ1n) is 6.19. The summed E-state index contributed by atoms with van der Waals surface area (Å²) in [6.45, 7) is 8.12. The van der Waals surface area contributed by atoms with Gasteiger partial charge in [0, 0.05) is 45.0 Å². The minimum absolute atomic E-state index is 0.141. The van der Waals surface area contributed by atoms with E-state index in [-0.39, 0.29) is 5.82 Å². The fraction of sp³-hybridized carbons (Fsp3) is 0.538. The molecular formula is C13H20FN3. The second-order valence-corrected chi connectivity index (χ2v) is 4.48. The maximum Gasteiger partial charge on any atom is 0.126 e. The smallest absolute Gasteiger partial charge is 0.126 e. The molecule has 3 nitrogen and oxygen atoms in total. The molecule has 0 atom stereocenters. The number of hydrogen-bond acceptors (Lipinski definition) is 3. The average Bonchev–Trinajstić information content (AvgIpc) is 2.35. The van der Waals surface area contributed by atoms with Crippen molar-refractivity contribution in [1.29, 1.82) is 0 Å². The summed E-state index contributed by atoms with van der Waals surface area (Å²) in [4.78, 5) is 2.43. The largest absolute Gasteiger partial charge is 0.384 e. The van der Waals surface area contributed by atoms with Crippen LogP contribution in [0.1, 0.15) is 5.56 Å². The molecule has 0 saturated carbocycles. The van der Waals surface area contributed by atoms with Crippen LogP contribution in [0.25, 0.3) is 0 Å². The predicted molar refractivity (Wildman–Crippen MR) is 68.9 cm³/mol. The zero-order valence-corrected chi connectivity index (χ0v) is 10.3. The van der Waals surface area contributed by atoms with Gasteiger partial charge in [0.25, 0.3) is 0 Å². The molecule has 17 heavy (non-hydrogen) atoms. The Kier molecular flexibility index (Phi) is 4.34. The molecular weight excluding hydrogens is 217 g/mol. The molecule has 0 aromatic heterocycles. The van der Waals surface area contributed by atoms with Crippen LogP contribution >= 0.6 is 0 Å². The first-order valence-corrected chi connectivity index (χ1v) is 6.19. The van der Waals surface area contributed by atoms with Gasteiger partial charge in [0.1, 0.15) is 5.82 Å². The summed E-state index contributed by atoms with van der Waals surface area (Å²) in [7, 11) is 0. The molecule has 1 heterocycles. The van der Waals surface area contributed by atoms with Crippen LogP contribution in [-0.2, 0) is 0 Å². The zero-order chi connectivity index (χ0) is 12.1. The van der Waals surface area contributed by atoms with Gasteiger partial charge >= 0.3 is 0 Å². The summed E-state index contributed by atoms with van der Waals surface area (Å²) in [5.74, 6) is -0.141. The fourth-order valence-corrected chi connectivity index (χ4v) is 2.05. The first-order chi connectivity index (χ1) is 8.25. The monoisotopic (exact) mass is 237 g/mol. The fourth-order valence-electron chi connectivity index (χ4n) is 2.05. The van der Waals surface area contributed by atoms with Crippen molar-refractivity contribution in [2.24, 2.45) is 0 Å². The van der Waals surface area contributed by atoms with Crippen molar-refractivity contribution >= 4 is 5.69 Å². The van der Waals surface area contributed by atoms with Crippen LogP contribution in [0.15, 0.2) is 18.2 Å². The Morgan fingerprint density at radius 3 is 2.82 bits per heavy atom. The summed E-state index contributed by atoms with van der Waals surface area (Å²) in [5.41, 5.74) is 1.69. The lowest BCUT2D eigenvalue weighted by Crippen LogP contribution is -2.45. The number of aryl methyl sites for hydroxylation is 1. The second kappa shape index (κ2) is 5.98. The van der Waals surface area contributed by atoms with Gasteiger partial charge in [-0.2, -0.15) is 0 Å². The third-order valence-electron chi connectivity index (χ3n) is 3.12. The molecule has 2 N–H and O–H groups in total. The van der Waals surface area contributed by atoms with E-state index >= 15 is 0 Å². The molecule has 1 saturated heterocycles. The number of piperazine rings is 1. The van der Waals surface area contributed by atoms with Crippen LogP contribution in [0.4, 0.5) is 10.1 Å². The number of hydrogen-bond donors (Lipinski definition) is 2. The number of nitrogens with zero attached hydrogens (tertiary/aromatic N) is 1. The lowest BCUT2D eigenvalue weighted by Gasteiger charge is -2.27. The van der Waals surface area contributed by atoms with Crippen LogP contribution in [0.5, 0.6) is 0 Å². The molecule has 2 rings (SSSR count). The average molecular weight is 237 g/mol. The molecule has 0 spiro atoms. The summed E-state index contributed by atoms with van der Waals surface area (Å²) in [6.07, 6.45) is 0. The van der Waals surface area contributed by atoms with Gasteiger partial charge in [-0.1, -0.05) is 0 Å². The highest BCUT2D eigenvalue weighted by Gasteiger charge is 2.08. The van der Waals surface area contributed by atoms with Crippen molar-refractivity contribution in [3.63, 3.8) is 0 Å². The van der Waals surface area contributed by atoms with Gasteiger partial charge in [-0.15, -0.1) is 0 Å². The van der Waals surface area contributed by atoms with Crippen LogP contribution in [0.2, 0.25) is 0 Å². The number of nitrogens with one attached hydrogen (secondary N) is 2. The molecule has 0 amide bonds. The van der Waals surface area contributed by atoms with E-state index in [4.69, 9.17) is 0 Å². The molecule has 4 heteroatoms. The lowest BCUT2D eigenvalue weighted by atomic mass is 10.2. The normalized spacial score (nSPS) is 17.1. The molecule has 0 aliphatic carbocycles. The molecule has 1 aliphatic heterocycles. The number of anilines is 1. The van der Waals surface area contributed by atoms with Gasteiger partial charge in [-0.3, -0.25) is 4.90 Å². The van der Waals surface area contributed by atoms with E-state index in [1.165, 1.54) is 6.07 Å². The van der Waals surface area contributed by atoms with Crippen molar-refractivity contribution in [2.45, 2.75) is 6.92 Å². The maximum atomic E-state index is 13.1.